The first-order valence-corrected chi connectivity index (χ1v) is 7.89. The molecule has 2 N–H and O–H groups in total. The molecule has 0 spiro atoms. The summed E-state index contributed by atoms with van der Waals surface area (Å²) in [6, 6.07) is 8.31. The van der Waals surface area contributed by atoms with Crippen LogP contribution in [0.25, 0.3) is 0 Å². The zero-order chi connectivity index (χ0) is 19.3. The summed E-state index contributed by atoms with van der Waals surface area (Å²) in [7, 11) is 4.39. The highest BCUT2D eigenvalue weighted by molar-refractivity contribution is 5.99. The van der Waals surface area contributed by atoms with Crippen molar-refractivity contribution in [2.75, 3.05) is 21.3 Å². The Labute approximate surface area is 152 Å². The maximum atomic E-state index is 12.4. The van der Waals surface area contributed by atoms with Crippen molar-refractivity contribution in [2.24, 2.45) is 0 Å². The zero-order valence-electron chi connectivity index (χ0n) is 15.4. The number of hydrazine groups is 1. The third-order valence-electron chi connectivity index (χ3n) is 3.99. The number of benzene rings is 2. The minimum absolute atomic E-state index is 0.250. The molecule has 0 radical (unpaired) electrons. The number of ether oxygens (including phenoxy) is 3. The molecule has 138 valence electrons. The van der Waals surface area contributed by atoms with Crippen molar-refractivity contribution in [3.05, 3.63) is 52.6 Å². The molecule has 0 bridgehead atoms. The first-order chi connectivity index (χ1) is 12.4. The Morgan fingerprint density at radius 2 is 1.27 bits per heavy atom. The van der Waals surface area contributed by atoms with Gasteiger partial charge in [0.2, 0.25) is 5.75 Å². The summed E-state index contributed by atoms with van der Waals surface area (Å²) in [6.45, 7) is 3.88. The van der Waals surface area contributed by atoms with Crippen LogP contribution in [0.4, 0.5) is 0 Å². The quantitative estimate of drug-likeness (QED) is 0.802. The summed E-state index contributed by atoms with van der Waals surface area (Å²) in [5, 5.41) is 0. The van der Waals surface area contributed by atoms with Crippen LogP contribution in [-0.4, -0.2) is 33.1 Å². The van der Waals surface area contributed by atoms with Gasteiger partial charge in [-0.15, -0.1) is 0 Å². The van der Waals surface area contributed by atoms with Crippen LogP contribution in [0, 0.1) is 13.8 Å². The normalized spacial score (nSPS) is 10.0. The topological polar surface area (TPSA) is 85.9 Å². The van der Waals surface area contributed by atoms with Gasteiger partial charge < -0.3 is 14.2 Å². The van der Waals surface area contributed by atoms with Crippen LogP contribution < -0.4 is 25.1 Å². The highest BCUT2D eigenvalue weighted by Gasteiger charge is 2.17. The maximum Gasteiger partial charge on any atom is 0.269 e. The van der Waals surface area contributed by atoms with E-state index in [4.69, 9.17) is 14.2 Å². The number of carbonyl (C=O) groups excluding carboxylic acids is 2. The molecule has 0 aliphatic rings. The molecular weight excluding hydrogens is 336 g/mol. The first-order valence-electron chi connectivity index (χ1n) is 7.89. The van der Waals surface area contributed by atoms with Gasteiger partial charge in [0.05, 0.1) is 21.3 Å². The molecule has 26 heavy (non-hydrogen) atoms. The van der Waals surface area contributed by atoms with Gasteiger partial charge in [-0.3, -0.25) is 20.4 Å². The Morgan fingerprint density at radius 1 is 0.731 bits per heavy atom. The van der Waals surface area contributed by atoms with Gasteiger partial charge in [-0.1, -0.05) is 6.07 Å². The molecule has 0 fully saturated rings. The van der Waals surface area contributed by atoms with Crippen LogP contribution in [0.3, 0.4) is 0 Å². The second-order valence-corrected chi connectivity index (χ2v) is 5.62. The molecule has 2 amide bonds. The van der Waals surface area contributed by atoms with Gasteiger partial charge in [0, 0.05) is 11.1 Å². The second-order valence-electron chi connectivity index (χ2n) is 5.62. The van der Waals surface area contributed by atoms with Crippen molar-refractivity contribution < 1.29 is 23.8 Å². The van der Waals surface area contributed by atoms with Gasteiger partial charge in [0.25, 0.3) is 11.8 Å². The predicted octanol–water partition coefficient (Wildman–Crippen LogP) is 2.40. The lowest BCUT2D eigenvalue weighted by atomic mass is 10.1. The number of nitrogens with one attached hydrogen (secondary N) is 2. The molecule has 0 saturated carbocycles. The molecule has 7 nitrogen and oxygen atoms in total. The smallest absolute Gasteiger partial charge is 0.269 e. The number of rotatable bonds is 5. The van der Waals surface area contributed by atoms with Gasteiger partial charge in [0.1, 0.15) is 0 Å². The lowest BCUT2D eigenvalue weighted by molar-refractivity contribution is 0.0846. The number of hydrogen-bond donors (Lipinski definition) is 2. The standard InChI is InChI=1S/C19H22N2O5/c1-11-6-7-13(8-12(11)2)18(22)20-21-19(23)14-9-15(24-3)17(26-5)16(10-14)25-4/h6-10H,1-5H3,(H,20,22)(H,21,23). The van der Waals surface area contributed by atoms with Crippen LogP contribution >= 0.6 is 0 Å². The molecular formula is C19H22N2O5. The molecule has 0 unspecified atom stereocenters. The number of aryl methyl sites for hydroxylation is 2. The Bertz CT molecular complexity index is 808. The van der Waals surface area contributed by atoms with Crippen LogP contribution in [0.15, 0.2) is 30.3 Å². The van der Waals surface area contributed by atoms with Crippen LogP contribution in [-0.2, 0) is 0 Å². The third-order valence-corrected chi connectivity index (χ3v) is 3.99. The van der Waals surface area contributed by atoms with Gasteiger partial charge in [0.15, 0.2) is 11.5 Å². The van der Waals surface area contributed by atoms with Gasteiger partial charge >= 0.3 is 0 Å². The molecule has 0 saturated heterocycles. The molecule has 2 aromatic carbocycles. The fourth-order valence-electron chi connectivity index (χ4n) is 2.35. The molecule has 0 aliphatic carbocycles. The van der Waals surface area contributed by atoms with Crippen molar-refractivity contribution >= 4 is 11.8 Å². The first kappa shape index (κ1) is 19.1. The fourth-order valence-corrected chi connectivity index (χ4v) is 2.35. The molecule has 2 aromatic rings. The van der Waals surface area contributed by atoms with E-state index >= 15 is 0 Å². The Balaban J connectivity index is 2.14. The average Bonchev–Trinajstić information content (AvgIpc) is 2.66. The summed E-state index contributed by atoms with van der Waals surface area (Å²) >= 11 is 0. The molecule has 7 heteroatoms. The Morgan fingerprint density at radius 3 is 1.73 bits per heavy atom. The summed E-state index contributed by atoms with van der Waals surface area (Å²) in [5.41, 5.74) is 7.56. The zero-order valence-corrected chi connectivity index (χ0v) is 15.4. The maximum absolute atomic E-state index is 12.4. The molecule has 0 aliphatic heterocycles. The number of hydrogen-bond acceptors (Lipinski definition) is 5. The van der Waals surface area contributed by atoms with Crippen molar-refractivity contribution in [1.29, 1.82) is 0 Å². The highest BCUT2D eigenvalue weighted by Crippen LogP contribution is 2.38. The van der Waals surface area contributed by atoms with E-state index in [1.807, 2.05) is 19.9 Å². The second kappa shape index (κ2) is 8.24. The highest BCUT2D eigenvalue weighted by atomic mass is 16.5. The Kier molecular flexibility index (Phi) is 6.06. The molecule has 0 heterocycles. The van der Waals surface area contributed by atoms with E-state index < -0.39 is 11.8 Å². The van der Waals surface area contributed by atoms with Gasteiger partial charge in [-0.25, -0.2) is 0 Å². The molecule has 0 aromatic heterocycles. The summed E-state index contributed by atoms with van der Waals surface area (Å²) in [5.74, 6) is 0.149. The average molecular weight is 358 g/mol. The van der Waals surface area contributed by atoms with Gasteiger partial charge in [-0.2, -0.15) is 0 Å². The van der Waals surface area contributed by atoms with Crippen molar-refractivity contribution in [1.82, 2.24) is 10.9 Å². The van der Waals surface area contributed by atoms with Crippen molar-refractivity contribution in [2.45, 2.75) is 13.8 Å². The van der Waals surface area contributed by atoms with Gasteiger partial charge in [-0.05, 0) is 49.2 Å². The van der Waals surface area contributed by atoms with E-state index in [9.17, 15) is 9.59 Å². The Hall–Kier alpha value is -3.22. The predicted molar refractivity (Wildman–Crippen MR) is 96.9 cm³/mol. The number of carbonyl (C=O) groups is 2. The van der Waals surface area contributed by atoms with E-state index in [-0.39, 0.29) is 5.56 Å². The van der Waals surface area contributed by atoms with E-state index in [0.717, 1.165) is 11.1 Å². The van der Waals surface area contributed by atoms with Crippen LogP contribution in [0.1, 0.15) is 31.8 Å². The monoisotopic (exact) mass is 358 g/mol. The minimum Gasteiger partial charge on any atom is -0.493 e. The minimum atomic E-state index is -0.513. The SMILES string of the molecule is COc1cc(C(=O)NNC(=O)c2ccc(C)c(C)c2)cc(OC)c1OC. The molecule has 0 atom stereocenters. The number of amides is 2. The lowest BCUT2D eigenvalue weighted by Crippen LogP contribution is -2.41. The van der Waals surface area contributed by atoms with E-state index in [1.165, 1.54) is 33.5 Å². The summed E-state index contributed by atoms with van der Waals surface area (Å²) < 4.78 is 15.7. The largest absolute Gasteiger partial charge is 0.493 e. The fraction of sp³-hybridized carbons (Fsp3) is 0.263. The van der Waals surface area contributed by atoms with Crippen molar-refractivity contribution in [3.8, 4) is 17.2 Å². The van der Waals surface area contributed by atoms with Crippen molar-refractivity contribution in [3.63, 3.8) is 0 Å². The van der Waals surface area contributed by atoms with Crippen LogP contribution in [0.5, 0.6) is 17.2 Å². The molecule has 2 rings (SSSR count). The third kappa shape index (κ3) is 4.05. The lowest BCUT2D eigenvalue weighted by Gasteiger charge is -2.14. The van der Waals surface area contributed by atoms with E-state index in [2.05, 4.69) is 10.9 Å². The van der Waals surface area contributed by atoms with E-state index in [1.54, 1.807) is 12.1 Å². The van der Waals surface area contributed by atoms with E-state index in [0.29, 0.717) is 22.8 Å². The summed E-state index contributed by atoms with van der Waals surface area (Å²) in [6.07, 6.45) is 0. The van der Waals surface area contributed by atoms with Crippen LogP contribution in [0.2, 0.25) is 0 Å². The summed E-state index contributed by atoms with van der Waals surface area (Å²) in [4.78, 5) is 24.6. The number of methoxy groups -OCH3 is 3.